The molecule has 0 bridgehead atoms. The Morgan fingerprint density at radius 3 is 2.56 bits per heavy atom. The summed E-state index contributed by atoms with van der Waals surface area (Å²) in [6.07, 6.45) is 2.13. The molecule has 0 aliphatic carbocycles. The number of thiazole rings is 1. The van der Waals surface area contributed by atoms with E-state index >= 15 is 0 Å². The molecule has 4 aromatic rings. The quantitative estimate of drug-likeness (QED) is 0.414. The van der Waals surface area contributed by atoms with Gasteiger partial charge in [-0.3, -0.25) is 9.20 Å². The van der Waals surface area contributed by atoms with Crippen molar-refractivity contribution >= 4 is 62.7 Å². The first-order valence-electron chi connectivity index (χ1n) is 7.96. The predicted octanol–water partition coefficient (Wildman–Crippen LogP) is 6.20. The van der Waals surface area contributed by atoms with Gasteiger partial charge in [0.2, 0.25) is 5.91 Å². The standard InChI is InChI=1S/C19H12Cl3N3OS/c20-12-3-1-11(2-4-12)17-9-25-14(10-27-19(25)24-17)8-18(26)23-16-6-5-13(21)7-15(16)22/h1-7,9-10H,8H2,(H,23,26). The van der Waals surface area contributed by atoms with Crippen LogP contribution in [0.2, 0.25) is 15.1 Å². The number of nitrogens with zero attached hydrogens (tertiary/aromatic N) is 2. The molecule has 0 fully saturated rings. The number of carbonyl (C=O) groups excluding carboxylic acids is 1. The molecule has 0 spiro atoms. The van der Waals surface area contributed by atoms with Crippen molar-refractivity contribution < 1.29 is 4.79 Å². The number of anilines is 1. The molecular weight excluding hydrogens is 425 g/mol. The molecule has 0 atom stereocenters. The van der Waals surface area contributed by atoms with Crippen LogP contribution >= 0.6 is 46.1 Å². The minimum absolute atomic E-state index is 0.166. The van der Waals surface area contributed by atoms with Gasteiger partial charge in [0.15, 0.2) is 4.96 Å². The fourth-order valence-corrected chi connectivity index (χ4v) is 4.12. The van der Waals surface area contributed by atoms with E-state index in [0.29, 0.717) is 20.8 Å². The maximum Gasteiger partial charge on any atom is 0.230 e. The highest BCUT2D eigenvalue weighted by molar-refractivity contribution is 7.15. The van der Waals surface area contributed by atoms with Gasteiger partial charge in [0, 0.05) is 32.9 Å². The lowest BCUT2D eigenvalue weighted by Gasteiger charge is -2.07. The fraction of sp³-hybridized carbons (Fsp3) is 0.0526. The summed E-state index contributed by atoms with van der Waals surface area (Å²) in [5.41, 5.74) is 3.19. The zero-order chi connectivity index (χ0) is 19.0. The minimum Gasteiger partial charge on any atom is -0.324 e. The molecule has 0 saturated heterocycles. The van der Waals surface area contributed by atoms with E-state index in [4.69, 9.17) is 34.8 Å². The average Bonchev–Trinajstić information content (AvgIpc) is 3.20. The summed E-state index contributed by atoms with van der Waals surface area (Å²) < 4.78 is 1.93. The van der Waals surface area contributed by atoms with Crippen molar-refractivity contribution in [1.29, 1.82) is 0 Å². The molecular formula is C19H12Cl3N3OS. The first-order chi connectivity index (χ1) is 13.0. The molecule has 0 aliphatic rings. The molecule has 4 nitrogen and oxygen atoms in total. The maximum absolute atomic E-state index is 12.4. The molecule has 0 unspecified atom stereocenters. The molecule has 0 radical (unpaired) electrons. The summed E-state index contributed by atoms with van der Waals surface area (Å²) in [6.45, 7) is 0. The number of rotatable bonds is 4. The number of fused-ring (bicyclic) bond motifs is 1. The fourth-order valence-electron chi connectivity index (χ4n) is 2.67. The van der Waals surface area contributed by atoms with Gasteiger partial charge in [0.25, 0.3) is 0 Å². The van der Waals surface area contributed by atoms with Crippen LogP contribution in [0.4, 0.5) is 5.69 Å². The number of halogens is 3. The van der Waals surface area contributed by atoms with Crippen molar-refractivity contribution in [3.8, 4) is 11.3 Å². The van der Waals surface area contributed by atoms with Crippen molar-refractivity contribution in [3.63, 3.8) is 0 Å². The van der Waals surface area contributed by atoms with Gasteiger partial charge in [-0.1, -0.05) is 46.9 Å². The van der Waals surface area contributed by atoms with Crippen LogP contribution in [0, 0.1) is 0 Å². The zero-order valence-corrected chi connectivity index (χ0v) is 16.8. The summed E-state index contributed by atoms with van der Waals surface area (Å²) in [6, 6.07) is 12.5. The van der Waals surface area contributed by atoms with Crippen molar-refractivity contribution in [2.75, 3.05) is 5.32 Å². The average molecular weight is 437 g/mol. The van der Waals surface area contributed by atoms with Gasteiger partial charge in [-0.2, -0.15) is 0 Å². The number of carbonyl (C=O) groups is 1. The zero-order valence-electron chi connectivity index (χ0n) is 13.7. The molecule has 1 N–H and O–H groups in total. The molecule has 2 aromatic heterocycles. The summed E-state index contributed by atoms with van der Waals surface area (Å²) in [7, 11) is 0. The van der Waals surface area contributed by atoms with Crippen molar-refractivity contribution in [2.45, 2.75) is 6.42 Å². The van der Waals surface area contributed by atoms with Gasteiger partial charge in [-0.25, -0.2) is 4.98 Å². The lowest BCUT2D eigenvalue weighted by Crippen LogP contribution is -2.15. The number of hydrogen-bond acceptors (Lipinski definition) is 3. The van der Waals surface area contributed by atoms with E-state index in [2.05, 4.69) is 10.3 Å². The summed E-state index contributed by atoms with van der Waals surface area (Å²) >= 11 is 19.4. The number of imidazole rings is 1. The Balaban J connectivity index is 1.55. The van der Waals surface area contributed by atoms with Gasteiger partial charge >= 0.3 is 0 Å². The Morgan fingerprint density at radius 2 is 1.81 bits per heavy atom. The molecule has 136 valence electrons. The van der Waals surface area contributed by atoms with Gasteiger partial charge in [0.1, 0.15) is 0 Å². The smallest absolute Gasteiger partial charge is 0.230 e. The number of benzene rings is 2. The Hall–Kier alpha value is -2.05. The SMILES string of the molecule is O=C(Cc1csc2nc(-c3ccc(Cl)cc3)cn12)Nc1ccc(Cl)cc1Cl. The van der Waals surface area contributed by atoms with Crippen molar-refractivity contribution in [1.82, 2.24) is 9.38 Å². The Kier molecular flexibility index (Phi) is 5.10. The topological polar surface area (TPSA) is 46.4 Å². The normalized spacial score (nSPS) is 11.1. The Labute approximate surface area is 174 Å². The van der Waals surface area contributed by atoms with E-state index in [0.717, 1.165) is 21.9 Å². The van der Waals surface area contributed by atoms with Crippen molar-refractivity contribution in [2.24, 2.45) is 0 Å². The molecule has 2 aromatic carbocycles. The van der Waals surface area contributed by atoms with E-state index in [1.54, 1.807) is 18.2 Å². The van der Waals surface area contributed by atoms with E-state index in [-0.39, 0.29) is 12.3 Å². The van der Waals surface area contributed by atoms with E-state index in [1.165, 1.54) is 11.3 Å². The van der Waals surface area contributed by atoms with Crippen LogP contribution in [0.5, 0.6) is 0 Å². The third-order valence-electron chi connectivity index (χ3n) is 3.97. The Morgan fingerprint density at radius 1 is 1.07 bits per heavy atom. The predicted molar refractivity (Wildman–Crippen MR) is 112 cm³/mol. The molecule has 2 heterocycles. The van der Waals surface area contributed by atoms with Crippen LogP contribution in [0.15, 0.2) is 54.0 Å². The van der Waals surface area contributed by atoms with Gasteiger partial charge in [0.05, 0.1) is 22.8 Å². The first-order valence-corrected chi connectivity index (χ1v) is 9.97. The third-order valence-corrected chi connectivity index (χ3v) is 5.66. The number of nitrogens with one attached hydrogen (secondary N) is 1. The molecule has 4 rings (SSSR count). The lowest BCUT2D eigenvalue weighted by atomic mass is 10.2. The first kappa shape index (κ1) is 18.3. The number of hydrogen-bond donors (Lipinski definition) is 1. The third kappa shape index (κ3) is 3.96. The van der Waals surface area contributed by atoms with E-state index < -0.39 is 0 Å². The second kappa shape index (κ2) is 7.52. The second-order valence-electron chi connectivity index (χ2n) is 5.86. The maximum atomic E-state index is 12.4. The summed E-state index contributed by atoms with van der Waals surface area (Å²) in [5, 5.41) is 6.34. The molecule has 8 heteroatoms. The molecule has 1 amide bonds. The van der Waals surface area contributed by atoms with Crippen LogP contribution < -0.4 is 5.32 Å². The monoisotopic (exact) mass is 435 g/mol. The van der Waals surface area contributed by atoms with Gasteiger partial charge in [-0.15, -0.1) is 11.3 Å². The highest BCUT2D eigenvalue weighted by Crippen LogP contribution is 2.27. The lowest BCUT2D eigenvalue weighted by molar-refractivity contribution is -0.115. The molecule has 27 heavy (non-hydrogen) atoms. The summed E-state index contributed by atoms with van der Waals surface area (Å²) in [5.74, 6) is -0.166. The van der Waals surface area contributed by atoms with E-state index in [1.807, 2.05) is 40.2 Å². The highest BCUT2D eigenvalue weighted by Gasteiger charge is 2.13. The van der Waals surface area contributed by atoms with Crippen molar-refractivity contribution in [3.05, 3.63) is 74.8 Å². The molecule has 0 saturated carbocycles. The Bertz CT molecular complexity index is 1140. The van der Waals surface area contributed by atoms with Gasteiger partial charge in [-0.05, 0) is 30.3 Å². The summed E-state index contributed by atoms with van der Waals surface area (Å²) in [4.78, 5) is 17.9. The highest BCUT2D eigenvalue weighted by atomic mass is 35.5. The number of aromatic nitrogens is 2. The van der Waals surface area contributed by atoms with Gasteiger partial charge < -0.3 is 5.32 Å². The van der Waals surface area contributed by atoms with Crippen LogP contribution in [0.25, 0.3) is 16.2 Å². The number of amides is 1. The minimum atomic E-state index is -0.166. The van der Waals surface area contributed by atoms with Crippen LogP contribution in [-0.2, 0) is 11.2 Å². The van der Waals surface area contributed by atoms with E-state index in [9.17, 15) is 4.79 Å². The second-order valence-corrected chi connectivity index (χ2v) is 7.98. The van der Waals surface area contributed by atoms with Crippen LogP contribution in [0.1, 0.15) is 5.69 Å². The van der Waals surface area contributed by atoms with Crippen LogP contribution in [0.3, 0.4) is 0 Å². The largest absolute Gasteiger partial charge is 0.324 e. The molecule has 0 aliphatic heterocycles. The van der Waals surface area contributed by atoms with Crippen LogP contribution in [-0.4, -0.2) is 15.3 Å².